The van der Waals surface area contributed by atoms with Crippen LogP contribution in [-0.4, -0.2) is 5.11 Å². The molecule has 94 valence electrons. The van der Waals surface area contributed by atoms with E-state index in [0.717, 1.165) is 15.7 Å². The molecule has 0 radical (unpaired) electrons. The number of aliphatic hydroxyl groups excluding tert-OH is 1. The fourth-order valence-corrected chi connectivity index (χ4v) is 1.92. The molecular weight excluding hydrogens is 297 g/mol. The molecule has 4 heteroatoms. The molecule has 2 aromatic carbocycles. The molecule has 0 spiro atoms. The van der Waals surface area contributed by atoms with Crippen molar-refractivity contribution in [1.29, 1.82) is 0 Å². The minimum absolute atomic E-state index is 0.0294. The highest BCUT2D eigenvalue weighted by atomic mass is 79.9. The van der Waals surface area contributed by atoms with Crippen LogP contribution in [0.5, 0.6) is 0 Å². The predicted octanol–water partition coefficient (Wildman–Crippen LogP) is 3.69. The zero-order valence-corrected chi connectivity index (χ0v) is 11.2. The summed E-state index contributed by atoms with van der Waals surface area (Å²) in [6.07, 6.45) is 0. The SMILES string of the molecule is OCc1ccc(NCc2ccc(Br)cc2F)cc1. The van der Waals surface area contributed by atoms with Crippen LogP contribution < -0.4 is 5.32 Å². The quantitative estimate of drug-likeness (QED) is 0.902. The molecule has 0 aliphatic carbocycles. The summed E-state index contributed by atoms with van der Waals surface area (Å²) < 4.78 is 14.3. The van der Waals surface area contributed by atoms with Crippen molar-refractivity contribution in [2.24, 2.45) is 0 Å². The van der Waals surface area contributed by atoms with Crippen molar-refractivity contribution >= 4 is 21.6 Å². The molecule has 2 N–H and O–H groups in total. The van der Waals surface area contributed by atoms with E-state index < -0.39 is 0 Å². The summed E-state index contributed by atoms with van der Waals surface area (Å²) in [6.45, 7) is 0.458. The number of anilines is 1. The van der Waals surface area contributed by atoms with Gasteiger partial charge in [0.15, 0.2) is 0 Å². The first kappa shape index (κ1) is 13.1. The zero-order valence-electron chi connectivity index (χ0n) is 9.66. The van der Waals surface area contributed by atoms with Crippen LogP contribution in [0.3, 0.4) is 0 Å². The Morgan fingerprint density at radius 3 is 2.44 bits per heavy atom. The van der Waals surface area contributed by atoms with E-state index in [2.05, 4.69) is 21.2 Å². The van der Waals surface area contributed by atoms with Crippen molar-refractivity contribution in [3.05, 3.63) is 63.9 Å². The van der Waals surface area contributed by atoms with Crippen LogP contribution in [-0.2, 0) is 13.2 Å². The average Bonchev–Trinajstić information content (AvgIpc) is 2.38. The van der Waals surface area contributed by atoms with Crippen LogP contribution in [0.15, 0.2) is 46.9 Å². The van der Waals surface area contributed by atoms with Gasteiger partial charge in [-0.3, -0.25) is 0 Å². The largest absolute Gasteiger partial charge is 0.392 e. The fourth-order valence-electron chi connectivity index (χ4n) is 1.59. The Hall–Kier alpha value is -1.39. The third-order valence-electron chi connectivity index (χ3n) is 2.63. The molecule has 0 fully saturated rings. The van der Waals surface area contributed by atoms with Gasteiger partial charge in [-0.25, -0.2) is 4.39 Å². The monoisotopic (exact) mass is 309 g/mol. The third-order valence-corrected chi connectivity index (χ3v) is 3.13. The Morgan fingerprint density at radius 1 is 1.11 bits per heavy atom. The maximum Gasteiger partial charge on any atom is 0.129 e. The number of rotatable bonds is 4. The van der Waals surface area contributed by atoms with Gasteiger partial charge in [-0.1, -0.05) is 34.1 Å². The Morgan fingerprint density at radius 2 is 1.83 bits per heavy atom. The number of aliphatic hydroxyl groups is 1. The summed E-state index contributed by atoms with van der Waals surface area (Å²) in [5.74, 6) is -0.233. The molecule has 2 rings (SSSR count). The first-order valence-electron chi connectivity index (χ1n) is 5.56. The van der Waals surface area contributed by atoms with Crippen molar-refractivity contribution in [1.82, 2.24) is 0 Å². The lowest BCUT2D eigenvalue weighted by atomic mass is 10.2. The van der Waals surface area contributed by atoms with E-state index in [4.69, 9.17) is 5.11 Å². The van der Waals surface area contributed by atoms with E-state index in [1.54, 1.807) is 6.07 Å². The predicted molar refractivity (Wildman–Crippen MR) is 73.8 cm³/mol. The number of benzene rings is 2. The van der Waals surface area contributed by atoms with Gasteiger partial charge in [-0.15, -0.1) is 0 Å². The van der Waals surface area contributed by atoms with Crippen molar-refractivity contribution in [3.8, 4) is 0 Å². The molecule has 0 heterocycles. The van der Waals surface area contributed by atoms with Gasteiger partial charge < -0.3 is 10.4 Å². The summed E-state index contributed by atoms with van der Waals surface area (Å²) in [7, 11) is 0. The van der Waals surface area contributed by atoms with Crippen LogP contribution in [0, 0.1) is 5.82 Å². The zero-order chi connectivity index (χ0) is 13.0. The van der Waals surface area contributed by atoms with Crippen LogP contribution in [0.1, 0.15) is 11.1 Å². The minimum atomic E-state index is -0.233. The summed E-state index contributed by atoms with van der Waals surface area (Å²) in [6, 6.07) is 12.4. The van der Waals surface area contributed by atoms with Crippen molar-refractivity contribution in [2.45, 2.75) is 13.2 Å². The van der Waals surface area contributed by atoms with Crippen LogP contribution in [0.2, 0.25) is 0 Å². The third kappa shape index (κ3) is 3.31. The Kier molecular flexibility index (Phi) is 4.33. The molecule has 0 saturated carbocycles. The van der Waals surface area contributed by atoms with Gasteiger partial charge in [0.25, 0.3) is 0 Å². The van der Waals surface area contributed by atoms with E-state index in [0.29, 0.717) is 12.1 Å². The van der Waals surface area contributed by atoms with Gasteiger partial charge in [0.2, 0.25) is 0 Å². The Labute approximate surface area is 114 Å². The van der Waals surface area contributed by atoms with Crippen molar-refractivity contribution < 1.29 is 9.50 Å². The molecule has 18 heavy (non-hydrogen) atoms. The molecule has 0 bridgehead atoms. The smallest absolute Gasteiger partial charge is 0.129 e. The van der Waals surface area contributed by atoms with Crippen LogP contribution in [0.25, 0.3) is 0 Å². The highest BCUT2D eigenvalue weighted by Crippen LogP contribution is 2.17. The number of hydrogen-bond acceptors (Lipinski definition) is 2. The van der Waals surface area contributed by atoms with E-state index >= 15 is 0 Å². The molecule has 2 aromatic rings. The van der Waals surface area contributed by atoms with E-state index in [1.165, 1.54) is 6.07 Å². The topological polar surface area (TPSA) is 32.3 Å². The average molecular weight is 310 g/mol. The highest BCUT2D eigenvalue weighted by molar-refractivity contribution is 9.10. The first-order chi connectivity index (χ1) is 8.69. The van der Waals surface area contributed by atoms with Gasteiger partial charge >= 0.3 is 0 Å². The fraction of sp³-hybridized carbons (Fsp3) is 0.143. The molecule has 0 saturated heterocycles. The van der Waals surface area contributed by atoms with Gasteiger partial charge in [0.1, 0.15) is 5.82 Å². The van der Waals surface area contributed by atoms with Gasteiger partial charge in [0, 0.05) is 22.3 Å². The summed E-state index contributed by atoms with van der Waals surface area (Å²) >= 11 is 3.22. The maximum atomic E-state index is 13.6. The normalized spacial score (nSPS) is 10.4. The van der Waals surface area contributed by atoms with E-state index in [-0.39, 0.29) is 12.4 Å². The molecule has 0 aromatic heterocycles. The standard InChI is InChI=1S/C14H13BrFNO/c15-12-4-3-11(14(16)7-12)8-17-13-5-1-10(9-18)2-6-13/h1-7,17-18H,8-9H2. The van der Waals surface area contributed by atoms with Gasteiger partial charge in [-0.05, 0) is 29.8 Å². The Bertz CT molecular complexity index is 528. The lowest BCUT2D eigenvalue weighted by Crippen LogP contribution is -2.01. The second-order valence-corrected chi connectivity index (χ2v) is 4.86. The molecule has 2 nitrogen and oxygen atoms in total. The first-order valence-corrected chi connectivity index (χ1v) is 6.36. The van der Waals surface area contributed by atoms with E-state index in [9.17, 15) is 4.39 Å². The van der Waals surface area contributed by atoms with Crippen LogP contribution >= 0.6 is 15.9 Å². The second kappa shape index (κ2) is 5.98. The lowest BCUT2D eigenvalue weighted by Gasteiger charge is -2.08. The summed E-state index contributed by atoms with van der Waals surface area (Å²) in [5, 5.41) is 12.1. The van der Waals surface area contributed by atoms with Crippen LogP contribution in [0.4, 0.5) is 10.1 Å². The van der Waals surface area contributed by atoms with Crippen molar-refractivity contribution in [3.63, 3.8) is 0 Å². The van der Waals surface area contributed by atoms with Gasteiger partial charge in [0.05, 0.1) is 6.61 Å². The van der Waals surface area contributed by atoms with Crippen molar-refractivity contribution in [2.75, 3.05) is 5.32 Å². The maximum absolute atomic E-state index is 13.6. The van der Waals surface area contributed by atoms with Gasteiger partial charge in [-0.2, -0.15) is 0 Å². The number of nitrogens with one attached hydrogen (secondary N) is 1. The molecular formula is C14H13BrFNO. The molecule has 0 aliphatic rings. The summed E-state index contributed by atoms with van der Waals surface area (Å²) in [5.41, 5.74) is 2.37. The molecule has 0 aliphatic heterocycles. The number of halogens is 2. The Balaban J connectivity index is 2.02. The molecule has 0 atom stereocenters. The molecule has 0 unspecified atom stereocenters. The number of hydrogen-bond donors (Lipinski definition) is 2. The molecule has 0 amide bonds. The minimum Gasteiger partial charge on any atom is -0.392 e. The summed E-state index contributed by atoms with van der Waals surface area (Å²) in [4.78, 5) is 0. The van der Waals surface area contributed by atoms with E-state index in [1.807, 2.05) is 30.3 Å². The second-order valence-electron chi connectivity index (χ2n) is 3.94. The lowest BCUT2D eigenvalue weighted by molar-refractivity contribution is 0.282. The highest BCUT2D eigenvalue weighted by Gasteiger charge is 2.02.